The van der Waals surface area contributed by atoms with Crippen molar-refractivity contribution in [3.05, 3.63) is 0 Å². The van der Waals surface area contributed by atoms with Gasteiger partial charge in [-0.2, -0.15) is 0 Å². The zero-order valence-corrected chi connectivity index (χ0v) is 12.5. The minimum Gasteiger partial charge on any atom is -0.316 e. The van der Waals surface area contributed by atoms with E-state index in [0.29, 0.717) is 11.8 Å². The smallest absolute Gasteiger partial charge is 0.155 e. The molecule has 3 atom stereocenters. The Morgan fingerprint density at radius 2 is 1.95 bits per heavy atom. The number of fused-ring (bicyclic) bond motifs is 1. The minimum absolute atomic E-state index is 0.0634. The van der Waals surface area contributed by atoms with Crippen molar-refractivity contribution in [3.8, 4) is 0 Å². The lowest BCUT2D eigenvalue weighted by Gasteiger charge is -2.45. The van der Waals surface area contributed by atoms with E-state index in [1.165, 1.54) is 19.3 Å². The van der Waals surface area contributed by atoms with Crippen LogP contribution in [0.1, 0.15) is 38.5 Å². The molecule has 0 radical (unpaired) electrons. The fraction of sp³-hybridized carbons (Fsp3) is 1.00. The summed E-state index contributed by atoms with van der Waals surface area (Å²) in [6.07, 6.45) is 6.85. The Labute approximate surface area is 116 Å². The van der Waals surface area contributed by atoms with Crippen LogP contribution in [0.3, 0.4) is 0 Å². The second-order valence-electron chi connectivity index (χ2n) is 6.46. The molecule has 3 rings (SSSR count). The Morgan fingerprint density at radius 3 is 2.74 bits per heavy atom. The second-order valence-corrected chi connectivity index (χ2v) is 8.80. The van der Waals surface area contributed by atoms with Crippen molar-refractivity contribution in [2.75, 3.05) is 31.9 Å². The quantitative estimate of drug-likeness (QED) is 0.824. The van der Waals surface area contributed by atoms with Gasteiger partial charge in [0.05, 0.1) is 11.0 Å². The zero-order chi connectivity index (χ0) is 13.3. The number of nitrogens with one attached hydrogen (secondary N) is 1. The number of rotatable bonds is 2. The van der Waals surface area contributed by atoms with Crippen LogP contribution in [-0.2, 0) is 9.84 Å². The highest BCUT2D eigenvalue weighted by Gasteiger charge is 2.42. The molecule has 2 saturated heterocycles. The van der Waals surface area contributed by atoms with E-state index in [1.54, 1.807) is 0 Å². The standard InChI is InChI=1S/C14H26N2O2S/c17-19(18)9-8-16(11-12-4-3-7-15-10-12)13-5-1-2-6-14(13)19/h12-15H,1-11H2. The molecule has 110 valence electrons. The largest absolute Gasteiger partial charge is 0.316 e. The maximum absolute atomic E-state index is 12.2. The van der Waals surface area contributed by atoms with E-state index in [4.69, 9.17) is 0 Å². The van der Waals surface area contributed by atoms with E-state index in [0.717, 1.165) is 51.4 Å². The molecule has 2 aliphatic heterocycles. The SMILES string of the molecule is O=S1(=O)CCN(CC2CCCNC2)C2CCCCC21. The van der Waals surface area contributed by atoms with Crippen LogP contribution in [-0.4, -0.2) is 56.5 Å². The Hall–Kier alpha value is -0.130. The lowest BCUT2D eigenvalue weighted by atomic mass is 9.91. The van der Waals surface area contributed by atoms with Crippen LogP contribution < -0.4 is 5.32 Å². The third-order valence-corrected chi connectivity index (χ3v) is 7.38. The summed E-state index contributed by atoms with van der Waals surface area (Å²) >= 11 is 0. The molecule has 19 heavy (non-hydrogen) atoms. The van der Waals surface area contributed by atoms with E-state index in [1.807, 2.05) is 0 Å². The molecule has 0 amide bonds. The normalized spacial score (nSPS) is 39.7. The first-order valence-corrected chi connectivity index (χ1v) is 9.55. The molecule has 3 fully saturated rings. The summed E-state index contributed by atoms with van der Waals surface area (Å²) in [5, 5.41) is 3.40. The van der Waals surface area contributed by atoms with Gasteiger partial charge in [0.1, 0.15) is 0 Å². The molecule has 4 nitrogen and oxygen atoms in total. The maximum atomic E-state index is 12.2. The number of hydrogen-bond acceptors (Lipinski definition) is 4. The summed E-state index contributed by atoms with van der Waals surface area (Å²) in [6, 6.07) is 0.314. The third-order valence-electron chi connectivity index (χ3n) is 5.15. The van der Waals surface area contributed by atoms with Crippen LogP contribution in [0.15, 0.2) is 0 Å². The summed E-state index contributed by atoms with van der Waals surface area (Å²) in [5.41, 5.74) is 0. The van der Waals surface area contributed by atoms with E-state index in [-0.39, 0.29) is 5.25 Å². The minimum atomic E-state index is -2.81. The van der Waals surface area contributed by atoms with Gasteiger partial charge in [0.2, 0.25) is 0 Å². The Morgan fingerprint density at radius 1 is 1.11 bits per heavy atom. The highest BCUT2D eigenvalue weighted by molar-refractivity contribution is 7.92. The van der Waals surface area contributed by atoms with Crippen LogP contribution in [0.4, 0.5) is 0 Å². The van der Waals surface area contributed by atoms with E-state index in [9.17, 15) is 8.42 Å². The summed E-state index contributed by atoms with van der Waals surface area (Å²) in [4.78, 5) is 2.50. The van der Waals surface area contributed by atoms with Gasteiger partial charge in [0.15, 0.2) is 9.84 Å². The summed E-state index contributed by atoms with van der Waals surface area (Å²) < 4.78 is 24.4. The van der Waals surface area contributed by atoms with E-state index < -0.39 is 9.84 Å². The molecule has 1 N–H and O–H groups in total. The van der Waals surface area contributed by atoms with Gasteiger partial charge in [-0.15, -0.1) is 0 Å². The van der Waals surface area contributed by atoms with Gasteiger partial charge >= 0.3 is 0 Å². The molecule has 2 heterocycles. The first-order chi connectivity index (χ1) is 9.17. The van der Waals surface area contributed by atoms with Crippen LogP contribution in [0.5, 0.6) is 0 Å². The molecular weight excluding hydrogens is 260 g/mol. The molecule has 0 bridgehead atoms. The first-order valence-electron chi connectivity index (χ1n) is 7.83. The van der Waals surface area contributed by atoms with Crippen LogP contribution in [0.2, 0.25) is 0 Å². The van der Waals surface area contributed by atoms with Crippen molar-refractivity contribution in [2.24, 2.45) is 5.92 Å². The molecule has 0 aromatic rings. The van der Waals surface area contributed by atoms with E-state index in [2.05, 4.69) is 10.2 Å². The summed E-state index contributed by atoms with van der Waals surface area (Å²) in [6.45, 7) is 4.13. The van der Waals surface area contributed by atoms with Crippen LogP contribution in [0, 0.1) is 5.92 Å². The molecule has 0 aromatic carbocycles. The number of hydrogen-bond donors (Lipinski definition) is 1. The van der Waals surface area contributed by atoms with Crippen molar-refractivity contribution in [1.82, 2.24) is 10.2 Å². The average molecular weight is 286 g/mol. The second kappa shape index (κ2) is 5.70. The van der Waals surface area contributed by atoms with E-state index >= 15 is 0 Å². The van der Waals surface area contributed by atoms with Crippen molar-refractivity contribution in [2.45, 2.75) is 49.8 Å². The molecule has 3 aliphatic rings. The van der Waals surface area contributed by atoms with Gasteiger partial charge in [0.25, 0.3) is 0 Å². The lowest BCUT2D eigenvalue weighted by molar-refractivity contribution is 0.125. The molecule has 0 spiro atoms. The van der Waals surface area contributed by atoms with Gasteiger partial charge in [-0.05, 0) is 44.7 Å². The Bertz CT molecular complexity index is 404. The lowest BCUT2D eigenvalue weighted by Crippen LogP contribution is -2.57. The van der Waals surface area contributed by atoms with Crippen molar-refractivity contribution in [1.29, 1.82) is 0 Å². The zero-order valence-electron chi connectivity index (χ0n) is 11.7. The number of sulfone groups is 1. The summed E-state index contributed by atoms with van der Waals surface area (Å²) in [7, 11) is -2.81. The van der Waals surface area contributed by atoms with Gasteiger partial charge in [-0.3, -0.25) is 4.90 Å². The van der Waals surface area contributed by atoms with Crippen molar-refractivity contribution >= 4 is 9.84 Å². The van der Waals surface area contributed by atoms with Crippen molar-refractivity contribution < 1.29 is 8.42 Å². The average Bonchev–Trinajstić information content (AvgIpc) is 2.44. The molecule has 5 heteroatoms. The fourth-order valence-electron chi connectivity index (χ4n) is 4.11. The molecular formula is C14H26N2O2S. The topological polar surface area (TPSA) is 49.4 Å². The fourth-order valence-corrected chi connectivity index (χ4v) is 6.22. The number of piperidine rings is 1. The Kier molecular flexibility index (Phi) is 4.15. The van der Waals surface area contributed by atoms with Gasteiger partial charge in [-0.25, -0.2) is 8.42 Å². The molecule has 3 unspecified atom stereocenters. The Balaban J connectivity index is 1.68. The monoisotopic (exact) mass is 286 g/mol. The third kappa shape index (κ3) is 2.98. The predicted octanol–water partition coefficient (Wildman–Crippen LogP) is 1.03. The first kappa shape index (κ1) is 13.8. The van der Waals surface area contributed by atoms with Crippen LogP contribution >= 0.6 is 0 Å². The van der Waals surface area contributed by atoms with Gasteiger partial charge < -0.3 is 5.32 Å². The predicted molar refractivity (Wildman–Crippen MR) is 77.0 cm³/mol. The molecule has 0 aromatic heterocycles. The van der Waals surface area contributed by atoms with Crippen molar-refractivity contribution in [3.63, 3.8) is 0 Å². The molecule has 1 aliphatic carbocycles. The maximum Gasteiger partial charge on any atom is 0.155 e. The van der Waals surface area contributed by atoms with Gasteiger partial charge in [-0.1, -0.05) is 12.8 Å². The molecule has 1 saturated carbocycles. The highest BCUT2D eigenvalue weighted by Crippen LogP contribution is 2.32. The van der Waals surface area contributed by atoms with Crippen LogP contribution in [0.25, 0.3) is 0 Å². The summed E-state index contributed by atoms with van der Waals surface area (Å²) in [5.74, 6) is 1.10. The number of nitrogens with zero attached hydrogens (tertiary/aromatic N) is 1. The highest BCUT2D eigenvalue weighted by atomic mass is 32.2. The van der Waals surface area contributed by atoms with Gasteiger partial charge in [0, 0.05) is 19.1 Å².